The highest BCUT2D eigenvalue weighted by molar-refractivity contribution is 5.83. The summed E-state index contributed by atoms with van der Waals surface area (Å²) in [5, 5.41) is 2.61. The smallest absolute Gasteiger partial charge is 0.192 e. The third-order valence-electron chi connectivity index (χ3n) is 2.51. The van der Waals surface area contributed by atoms with Gasteiger partial charge in [-0.25, -0.2) is 4.57 Å². The number of benzene rings is 1. The van der Waals surface area contributed by atoms with Gasteiger partial charge in [-0.15, -0.1) is 6.58 Å². The largest absolute Gasteiger partial charge is 0.204 e. The van der Waals surface area contributed by atoms with Crippen LogP contribution in [-0.2, 0) is 13.5 Å². The van der Waals surface area contributed by atoms with Crippen LogP contribution in [0.4, 0.5) is 0 Å². The van der Waals surface area contributed by atoms with Crippen molar-refractivity contribution in [3.8, 4) is 0 Å². The van der Waals surface area contributed by atoms with E-state index in [0.717, 1.165) is 6.42 Å². The maximum absolute atomic E-state index is 3.79. The number of allylic oxidation sites excluding steroid dienone is 1. The fraction of sp³-hybridized carbons (Fsp3) is 0.154. The van der Waals surface area contributed by atoms with Gasteiger partial charge < -0.3 is 0 Å². The van der Waals surface area contributed by atoms with Gasteiger partial charge in [0.15, 0.2) is 11.9 Å². The minimum atomic E-state index is 0.915. The van der Waals surface area contributed by atoms with Crippen molar-refractivity contribution in [1.82, 2.24) is 0 Å². The Bertz CT molecular complexity index is 472. The predicted molar refractivity (Wildman–Crippen MR) is 59.0 cm³/mol. The molecule has 2 aromatic rings. The van der Waals surface area contributed by atoms with E-state index in [-0.39, 0.29) is 0 Å². The first-order chi connectivity index (χ1) is 6.83. The standard InChI is InChI=1S/C13H14N/c1-3-6-13-12-8-5-4-7-11(12)9-10-14(13)2/h3-5,7-10H,1,6H2,2H3/q+1. The molecule has 14 heavy (non-hydrogen) atoms. The summed E-state index contributed by atoms with van der Waals surface area (Å²) < 4.78 is 2.16. The van der Waals surface area contributed by atoms with Gasteiger partial charge in [-0.2, -0.15) is 0 Å². The lowest BCUT2D eigenvalue weighted by Gasteiger charge is -2.01. The molecule has 0 aliphatic carbocycles. The Morgan fingerprint density at radius 1 is 1.29 bits per heavy atom. The van der Waals surface area contributed by atoms with Crippen LogP contribution in [0.2, 0.25) is 0 Å². The summed E-state index contributed by atoms with van der Waals surface area (Å²) in [6.07, 6.45) is 4.96. The van der Waals surface area contributed by atoms with Crippen LogP contribution < -0.4 is 4.57 Å². The van der Waals surface area contributed by atoms with E-state index in [0.29, 0.717) is 0 Å². The Kier molecular flexibility index (Phi) is 2.32. The van der Waals surface area contributed by atoms with E-state index in [9.17, 15) is 0 Å². The van der Waals surface area contributed by atoms with Gasteiger partial charge in [0, 0.05) is 11.5 Å². The lowest BCUT2D eigenvalue weighted by molar-refractivity contribution is -0.677. The van der Waals surface area contributed by atoms with Crippen molar-refractivity contribution in [1.29, 1.82) is 0 Å². The minimum absolute atomic E-state index is 0.915. The fourth-order valence-corrected chi connectivity index (χ4v) is 1.77. The third-order valence-corrected chi connectivity index (χ3v) is 2.51. The van der Waals surface area contributed by atoms with Gasteiger partial charge >= 0.3 is 0 Å². The van der Waals surface area contributed by atoms with E-state index < -0.39 is 0 Å². The Labute approximate surface area is 84.3 Å². The zero-order valence-electron chi connectivity index (χ0n) is 8.40. The number of rotatable bonds is 2. The van der Waals surface area contributed by atoms with E-state index in [1.165, 1.54) is 16.5 Å². The molecule has 1 nitrogen and oxygen atoms in total. The number of hydrogen-bond donors (Lipinski definition) is 0. The molecule has 1 heteroatoms. The Hall–Kier alpha value is -1.63. The predicted octanol–water partition coefficient (Wildman–Crippen LogP) is 2.39. The zero-order valence-corrected chi connectivity index (χ0v) is 8.40. The molecule has 0 aliphatic rings. The van der Waals surface area contributed by atoms with Gasteiger partial charge in [-0.05, 0) is 11.5 Å². The first-order valence-electron chi connectivity index (χ1n) is 4.80. The number of fused-ring (bicyclic) bond motifs is 1. The van der Waals surface area contributed by atoms with Crippen molar-refractivity contribution in [2.75, 3.05) is 0 Å². The molecule has 0 unspecified atom stereocenters. The van der Waals surface area contributed by atoms with E-state index in [2.05, 4.69) is 54.7 Å². The first kappa shape index (κ1) is 8.95. The molecule has 0 saturated heterocycles. The summed E-state index contributed by atoms with van der Waals surface area (Å²) >= 11 is 0. The molecule has 0 bridgehead atoms. The van der Waals surface area contributed by atoms with Crippen molar-refractivity contribution in [2.24, 2.45) is 7.05 Å². The number of aromatic nitrogens is 1. The molecule has 0 N–H and O–H groups in total. The lowest BCUT2D eigenvalue weighted by Crippen LogP contribution is -2.32. The summed E-state index contributed by atoms with van der Waals surface area (Å²) in [7, 11) is 2.07. The second kappa shape index (κ2) is 3.62. The van der Waals surface area contributed by atoms with Gasteiger partial charge in [-0.1, -0.05) is 24.3 Å². The molecule has 0 aliphatic heterocycles. The molecule has 1 heterocycles. The molecule has 0 spiro atoms. The van der Waals surface area contributed by atoms with Crippen LogP contribution in [0.5, 0.6) is 0 Å². The molecule has 0 amide bonds. The average molecular weight is 184 g/mol. The van der Waals surface area contributed by atoms with Crippen LogP contribution in [0, 0.1) is 0 Å². The summed E-state index contributed by atoms with van der Waals surface area (Å²) in [5.41, 5.74) is 1.32. The summed E-state index contributed by atoms with van der Waals surface area (Å²) in [5.74, 6) is 0. The Balaban J connectivity index is 2.75. The maximum atomic E-state index is 3.79. The van der Waals surface area contributed by atoms with Crippen molar-refractivity contribution in [3.05, 3.63) is 54.9 Å². The van der Waals surface area contributed by atoms with E-state index in [1.54, 1.807) is 0 Å². The van der Waals surface area contributed by atoms with Crippen LogP contribution in [0.3, 0.4) is 0 Å². The molecular formula is C13H14N+. The molecule has 0 saturated carbocycles. The van der Waals surface area contributed by atoms with E-state index in [4.69, 9.17) is 0 Å². The minimum Gasteiger partial charge on any atom is -0.204 e. The van der Waals surface area contributed by atoms with Crippen LogP contribution in [0.1, 0.15) is 5.69 Å². The zero-order chi connectivity index (χ0) is 9.97. The van der Waals surface area contributed by atoms with Crippen LogP contribution in [-0.4, -0.2) is 0 Å². The van der Waals surface area contributed by atoms with Crippen molar-refractivity contribution >= 4 is 10.8 Å². The van der Waals surface area contributed by atoms with Gasteiger partial charge in [0.2, 0.25) is 0 Å². The monoisotopic (exact) mass is 184 g/mol. The van der Waals surface area contributed by atoms with Crippen LogP contribution >= 0.6 is 0 Å². The first-order valence-corrected chi connectivity index (χ1v) is 4.80. The second-order valence-electron chi connectivity index (χ2n) is 3.45. The van der Waals surface area contributed by atoms with Gasteiger partial charge in [0.05, 0.1) is 6.42 Å². The summed E-state index contributed by atoms with van der Waals surface area (Å²) in [4.78, 5) is 0. The Morgan fingerprint density at radius 3 is 2.86 bits per heavy atom. The lowest BCUT2D eigenvalue weighted by atomic mass is 10.1. The van der Waals surface area contributed by atoms with Gasteiger partial charge in [-0.3, -0.25) is 0 Å². The van der Waals surface area contributed by atoms with Crippen LogP contribution in [0.15, 0.2) is 49.2 Å². The number of pyridine rings is 1. The number of nitrogens with zero attached hydrogens (tertiary/aromatic N) is 1. The normalized spacial score (nSPS) is 10.4. The summed E-state index contributed by atoms with van der Waals surface area (Å²) in [6.45, 7) is 3.79. The Morgan fingerprint density at radius 2 is 2.07 bits per heavy atom. The molecule has 1 aromatic carbocycles. The number of aryl methyl sites for hydroxylation is 1. The van der Waals surface area contributed by atoms with Crippen molar-refractivity contribution < 1.29 is 4.57 Å². The van der Waals surface area contributed by atoms with E-state index >= 15 is 0 Å². The topological polar surface area (TPSA) is 3.88 Å². The quantitative estimate of drug-likeness (QED) is 0.498. The molecule has 70 valence electrons. The van der Waals surface area contributed by atoms with Crippen molar-refractivity contribution in [3.63, 3.8) is 0 Å². The van der Waals surface area contributed by atoms with E-state index in [1.807, 2.05) is 6.08 Å². The van der Waals surface area contributed by atoms with Crippen LogP contribution in [0.25, 0.3) is 10.8 Å². The highest BCUT2D eigenvalue weighted by atomic mass is 14.9. The molecule has 2 rings (SSSR count). The average Bonchev–Trinajstić information content (AvgIpc) is 2.23. The molecule has 0 atom stereocenters. The SMILES string of the molecule is C=CCc1c2ccccc2cc[n+]1C. The molecular weight excluding hydrogens is 170 g/mol. The highest BCUT2D eigenvalue weighted by Gasteiger charge is 2.08. The molecule has 1 aromatic heterocycles. The highest BCUT2D eigenvalue weighted by Crippen LogP contribution is 2.15. The number of hydrogen-bond acceptors (Lipinski definition) is 0. The van der Waals surface area contributed by atoms with Crippen molar-refractivity contribution in [2.45, 2.75) is 6.42 Å². The van der Waals surface area contributed by atoms with Gasteiger partial charge in [0.25, 0.3) is 0 Å². The molecule has 0 radical (unpaired) electrons. The van der Waals surface area contributed by atoms with Gasteiger partial charge in [0.1, 0.15) is 7.05 Å². The molecule has 0 fully saturated rings. The maximum Gasteiger partial charge on any atom is 0.192 e. The summed E-state index contributed by atoms with van der Waals surface area (Å²) in [6, 6.07) is 10.6. The third kappa shape index (κ3) is 1.41. The fourth-order valence-electron chi connectivity index (χ4n) is 1.77. The second-order valence-corrected chi connectivity index (χ2v) is 3.45.